The molecule has 0 fully saturated rings. The molecule has 0 spiro atoms. The summed E-state index contributed by atoms with van der Waals surface area (Å²) in [5.41, 5.74) is 1.38. The second kappa shape index (κ2) is 15.4. The second-order valence-corrected chi connectivity index (χ2v) is 6.92. The molecule has 0 saturated carbocycles. The number of amides is 2. The first-order valence-electron chi connectivity index (χ1n) is 10.6. The molecule has 1 aromatic carbocycles. The number of hydrogen-bond acceptors (Lipinski definition) is 8. The van der Waals surface area contributed by atoms with Gasteiger partial charge in [0.25, 0.3) is 0 Å². The molecule has 0 radical (unpaired) electrons. The van der Waals surface area contributed by atoms with Gasteiger partial charge in [-0.2, -0.15) is 5.10 Å². The van der Waals surface area contributed by atoms with Gasteiger partial charge in [-0.25, -0.2) is 0 Å². The highest BCUT2D eigenvalue weighted by atomic mass is 16.5. The smallest absolute Gasteiger partial charge is 0.307 e. The minimum atomic E-state index is -0.490. The fourth-order valence-electron chi connectivity index (χ4n) is 2.86. The predicted molar refractivity (Wildman–Crippen MR) is 120 cm³/mol. The van der Waals surface area contributed by atoms with Crippen molar-refractivity contribution in [1.29, 1.82) is 0 Å². The van der Waals surface area contributed by atoms with Gasteiger partial charge in [0, 0.05) is 31.0 Å². The standard InChI is InChI=1S/C22H32N4O6/c1-3-31-21(29)7-5-6-18(14-22(30)32-4-2)26-20(28)13-12-19(27)25-17-10-8-16(9-11-17)15-24-23/h8-11,15,18H,3-7,12-14,23H2,1-2H3,(H,25,27)(H,26,28). The molecule has 1 aromatic rings. The third-order valence-corrected chi connectivity index (χ3v) is 4.32. The molecule has 0 heterocycles. The summed E-state index contributed by atoms with van der Waals surface area (Å²) in [5.74, 6) is 3.65. The molecule has 0 saturated heterocycles. The summed E-state index contributed by atoms with van der Waals surface area (Å²) in [4.78, 5) is 47.7. The van der Waals surface area contributed by atoms with Crippen molar-refractivity contribution >= 4 is 35.7 Å². The second-order valence-electron chi connectivity index (χ2n) is 6.92. The first-order valence-corrected chi connectivity index (χ1v) is 10.6. The van der Waals surface area contributed by atoms with Crippen LogP contribution in [-0.2, 0) is 28.7 Å². The molecule has 4 N–H and O–H groups in total. The summed E-state index contributed by atoms with van der Waals surface area (Å²) in [6.45, 7) is 3.96. The van der Waals surface area contributed by atoms with Crippen molar-refractivity contribution in [3.63, 3.8) is 0 Å². The summed E-state index contributed by atoms with van der Waals surface area (Å²) in [5, 5.41) is 8.89. The van der Waals surface area contributed by atoms with Crippen molar-refractivity contribution < 1.29 is 28.7 Å². The number of carbonyl (C=O) groups excluding carboxylic acids is 4. The number of nitrogens with one attached hydrogen (secondary N) is 2. The van der Waals surface area contributed by atoms with Gasteiger partial charge >= 0.3 is 11.9 Å². The van der Waals surface area contributed by atoms with Crippen LogP contribution in [0.2, 0.25) is 0 Å². The molecule has 2 amide bonds. The SMILES string of the molecule is CCOC(=O)CCCC(CC(=O)OCC)NC(=O)CCC(=O)Nc1ccc(C=NN)cc1. The summed E-state index contributed by atoms with van der Waals surface area (Å²) < 4.78 is 9.83. The van der Waals surface area contributed by atoms with Crippen molar-refractivity contribution in [3.8, 4) is 0 Å². The minimum Gasteiger partial charge on any atom is -0.466 e. The zero-order valence-electron chi connectivity index (χ0n) is 18.6. The number of hydrazone groups is 1. The monoisotopic (exact) mass is 448 g/mol. The van der Waals surface area contributed by atoms with Gasteiger partial charge in [-0.3, -0.25) is 19.2 Å². The van der Waals surface area contributed by atoms with E-state index in [0.29, 0.717) is 25.1 Å². The summed E-state index contributed by atoms with van der Waals surface area (Å²) in [7, 11) is 0. The lowest BCUT2D eigenvalue weighted by molar-refractivity contribution is -0.144. The molecule has 32 heavy (non-hydrogen) atoms. The highest BCUT2D eigenvalue weighted by Crippen LogP contribution is 2.10. The third-order valence-electron chi connectivity index (χ3n) is 4.32. The van der Waals surface area contributed by atoms with E-state index in [0.717, 1.165) is 5.56 Å². The predicted octanol–water partition coefficient (Wildman–Crippen LogP) is 1.87. The quantitative estimate of drug-likeness (QED) is 0.170. The van der Waals surface area contributed by atoms with Gasteiger partial charge in [0.15, 0.2) is 0 Å². The van der Waals surface area contributed by atoms with Crippen molar-refractivity contribution in [2.24, 2.45) is 10.9 Å². The normalized spacial score (nSPS) is 11.6. The number of anilines is 1. The highest BCUT2D eigenvalue weighted by Gasteiger charge is 2.18. The first kappa shape index (κ1) is 26.6. The van der Waals surface area contributed by atoms with Crippen LogP contribution in [0.3, 0.4) is 0 Å². The van der Waals surface area contributed by atoms with Gasteiger partial charge in [0.2, 0.25) is 11.8 Å². The molecule has 176 valence electrons. The van der Waals surface area contributed by atoms with E-state index in [9.17, 15) is 19.2 Å². The molecule has 1 unspecified atom stereocenters. The van der Waals surface area contributed by atoms with Gasteiger partial charge in [-0.15, -0.1) is 0 Å². The zero-order valence-corrected chi connectivity index (χ0v) is 18.6. The zero-order chi connectivity index (χ0) is 23.8. The lowest BCUT2D eigenvalue weighted by Gasteiger charge is -2.18. The third kappa shape index (κ3) is 11.7. The van der Waals surface area contributed by atoms with E-state index in [2.05, 4.69) is 15.7 Å². The average molecular weight is 449 g/mol. The van der Waals surface area contributed by atoms with Crippen LogP contribution in [0, 0.1) is 0 Å². The largest absolute Gasteiger partial charge is 0.466 e. The van der Waals surface area contributed by atoms with Gasteiger partial charge in [-0.05, 0) is 44.4 Å². The van der Waals surface area contributed by atoms with E-state index in [1.165, 1.54) is 6.21 Å². The molecule has 0 aliphatic rings. The molecule has 0 aliphatic carbocycles. The van der Waals surface area contributed by atoms with Crippen molar-refractivity contribution in [2.45, 2.75) is 58.4 Å². The number of benzene rings is 1. The summed E-state index contributed by atoms with van der Waals surface area (Å²) >= 11 is 0. The van der Waals surface area contributed by atoms with Crippen molar-refractivity contribution in [3.05, 3.63) is 29.8 Å². The Morgan fingerprint density at radius 3 is 2.22 bits per heavy atom. The van der Waals surface area contributed by atoms with Crippen LogP contribution in [0.5, 0.6) is 0 Å². The Hall–Kier alpha value is -3.43. The molecular formula is C22H32N4O6. The molecule has 0 bridgehead atoms. The van der Waals surface area contributed by atoms with Crippen LogP contribution < -0.4 is 16.5 Å². The molecule has 1 atom stereocenters. The molecule has 1 rings (SSSR count). The van der Waals surface area contributed by atoms with E-state index in [1.807, 2.05) is 0 Å². The topological polar surface area (TPSA) is 149 Å². The van der Waals surface area contributed by atoms with Crippen LogP contribution in [0.1, 0.15) is 57.9 Å². The maximum absolute atomic E-state index is 12.3. The Morgan fingerprint density at radius 2 is 1.59 bits per heavy atom. The van der Waals surface area contributed by atoms with Gasteiger partial charge < -0.3 is 25.9 Å². The number of nitrogens with zero attached hydrogens (tertiary/aromatic N) is 1. The fraction of sp³-hybridized carbons (Fsp3) is 0.500. The van der Waals surface area contributed by atoms with E-state index >= 15 is 0 Å². The van der Waals surface area contributed by atoms with Gasteiger partial charge in [0.1, 0.15) is 0 Å². The van der Waals surface area contributed by atoms with Crippen LogP contribution in [0.25, 0.3) is 0 Å². The minimum absolute atomic E-state index is 0.00689. The molecule has 10 heteroatoms. The number of carbonyl (C=O) groups is 4. The van der Waals surface area contributed by atoms with Gasteiger partial charge in [-0.1, -0.05) is 12.1 Å². The Morgan fingerprint density at radius 1 is 0.969 bits per heavy atom. The van der Waals surface area contributed by atoms with Crippen LogP contribution in [-0.4, -0.2) is 49.2 Å². The lowest BCUT2D eigenvalue weighted by atomic mass is 10.1. The highest BCUT2D eigenvalue weighted by molar-refractivity contribution is 5.93. The Kier molecular flexibility index (Phi) is 12.8. The summed E-state index contributed by atoms with van der Waals surface area (Å²) in [6.07, 6.45) is 2.47. The van der Waals surface area contributed by atoms with E-state index < -0.39 is 12.0 Å². The van der Waals surface area contributed by atoms with E-state index in [1.54, 1.807) is 38.1 Å². The molecule has 0 aliphatic heterocycles. The number of esters is 2. The number of rotatable bonds is 14. The Bertz CT molecular complexity index is 779. The summed E-state index contributed by atoms with van der Waals surface area (Å²) in [6, 6.07) is 6.40. The molecule has 0 aromatic heterocycles. The van der Waals surface area contributed by atoms with E-state index in [-0.39, 0.29) is 50.1 Å². The van der Waals surface area contributed by atoms with Crippen molar-refractivity contribution in [1.82, 2.24) is 5.32 Å². The van der Waals surface area contributed by atoms with Crippen LogP contribution >= 0.6 is 0 Å². The Labute approximate surface area is 187 Å². The van der Waals surface area contributed by atoms with Crippen LogP contribution in [0.4, 0.5) is 5.69 Å². The average Bonchev–Trinajstić information content (AvgIpc) is 2.74. The maximum Gasteiger partial charge on any atom is 0.307 e. The van der Waals surface area contributed by atoms with E-state index in [4.69, 9.17) is 15.3 Å². The number of hydrogen-bond donors (Lipinski definition) is 3. The number of ether oxygens (including phenoxy) is 2. The van der Waals surface area contributed by atoms with Crippen LogP contribution in [0.15, 0.2) is 29.4 Å². The maximum atomic E-state index is 12.3. The van der Waals surface area contributed by atoms with Gasteiger partial charge in [0.05, 0.1) is 25.8 Å². The molecule has 10 nitrogen and oxygen atoms in total. The first-order chi connectivity index (χ1) is 15.4. The number of nitrogens with two attached hydrogens (primary N) is 1. The van der Waals surface area contributed by atoms with Crippen molar-refractivity contribution in [2.75, 3.05) is 18.5 Å². The fourth-order valence-corrected chi connectivity index (χ4v) is 2.86. The lowest BCUT2D eigenvalue weighted by Crippen LogP contribution is -2.37. The Balaban J connectivity index is 2.49. The molecular weight excluding hydrogens is 416 g/mol.